The molecule has 1 aromatic heterocycles. The molecule has 138 valence electrons. The van der Waals surface area contributed by atoms with Gasteiger partial charge in [-0.1, -0.05) is 35.9 Å². The average molecular weight is 364 g/mol. The fourth-order valence-electron chi connectivity index (χ4n) is 3.45. The third-order valence-corrected chi connectivity index (χ3v) is 4.99. The van der Waals surface area contributed by atoms with Crippen LogP contribution in [0.1, 0.15) is 22.4 Å². The van der Waals surface area contributed by atoms with E-state index in [4.69, 9.17) is 0 Å². The molecule has 0 unspecified atom stereocenters. The number of carbonyl (C=O) groups excluding carboxylic acids is 1. The molecule has 3 aromatic rings. The highest BCUT2D eigenvalue weighted by molar-refractivity contribution is 5.90. The van der Waals surface area contributed by atoms with Crippen LogP contribution in [0.5, 0.6) is 0 Å². The van der Waals surface area contributed by atoms with Gasteiger partial charge in [-0.05, 0) is 43.5 Å². The summed E-state index contributed by atoms with van der Waals surface area (Å²) in [4.78, 5) is 14.5. The number of aromatic nitrogens is 2. The predicted octanol–water partition coefficient (Wildman–Crippen LogP) is 4.22. The number of para-hydroxylation sites is 1. The smallest absolute Gasteiger partial charge is 0.320 e. The minimum absolute atomic E-state index is 0.169. The normalized spacial score (nSPS) is 13.4. The van der Waals surface area contributed by atoms with Crippen LogP contribution in [0.15, 0.2) is 48.7 Å². The quantitative estimate of drug-likeness (QED) is 0.740. The molecule has 1 aliphatic heterocycles. The molecule has 1 aliphatic rings. The Morgan fingerprint density at radius 2 is 1.96 bits per heavy atom. The third-order valence-electron chi connectivity index (χ3n) is 4.99. The predicted molar refractivity (Wildman–Crippen MR) is 103 cm³/mol. The van der Waals surface area contributed by atoms with Crippen molar-refractivity contribution in [1.82, 2.24) is 14.7 Å². The molecule has 2 aromatic carbocycles. The lowest BCUT2D eigenvalue weighted by atomic mass is 9.98. The Kier molecular flexibility index (Phi) is 4.39. The highest BCUT2D eigenvalue weighted by Gasteiger charge is 2.22. The van der Waals surface area contributed by atoms with Crippen LogP contribution in [-0.4, -0.2) is 27.3 Å². The van der Waals surface area contributed by atoms with Crippen molar-refractivity contribution in [3.05, 3.63) is 76.9 Å². The van der Waals surface area contributed by atoms with Gasteiger partial charge in [0.05, 0.1) is 17.6 Å². The molecular weight excluding hydrogens is 343 g/mol. The van der Waals surface area contributed by atoms with E-state index in [1.807, 2.05) is 6.92 Å². The minimum atomic E-state index is -0.357. The number of fused-ring (bicyclic) bond motifs is 1. The van der Waals surface area contributed by atoms with Crippen LogP contribution in [0, 0.1) is 19.7 Å². The molecule has 0 saturated carbocycles. The number of nitrogens with zero attached hydrogens (tertiary/aromatic N) is 3. The van der Waals surface area contributed by atoms with E-state index in [0.29, 0.717) is 30.2 Å². The lowest BCUT2D eigenvalue weighted by Crippen LogP contribution is -2.39. The second kappa shape index (κ2) is 6.87. The standard InChI is InChI=1S/C21H21FN4O/c1-14-7-8-17-13-25(10-9-16(17)11-14)21(27)24-19-12-23-26(15(19)2)20-6-4-3-5-18(20)22/h3-8,11-12H,9-10,13H2,1-2H3,(H,24,27). The zero-order valence-corrected chi connectivity index (χ0v) is 15.4. The lowest BCUT2D eigenvalue weighted by Gasteiger charge is -2.29. The third kappa shape index (κ3) is 3.30. The maximum Gasteiger partial charge on any atom is 0.322 e. The van der Waals surface area contributed by atoms with Crippen molar-refractivity contribution in [2.24, 2.45) is 0 Å². The molecule has 27 heavy (non-hydrogen) atoms. The van der Waals surface area contributed by atoms with Crippen molar-refractivity contribution in [3.63, 3.8) is 0 Å². The molecule has 0 bridgehead atoms. The van der Waals surface area contributed by atoms with Gasteiger partial charge < -0.3 is 10.2 Å². The van der Waals surface area contributed by atoms with Gasteiger partial charge in [-0.3, -0.25) is 0 Å². The highest BCUT2D eigenvalue weighted by atomic mass is 19.1. The number of hydrogen-bond donors (Lipinski definition) is 1. The number of rotatable bonds is 2. The Balaban J connectivity index is 1.51. The van der Waals surface area contributed by atoms with E-state index in [-0.39, 0.29) is 11.8 Å². The molecule has 6 heteroatoms. The summed E-state index contributed by atoms with van der Waals surface area (Å²) in [7, 11) is 0. The van der Waals surface area contributed by atoms with Crippen LogP contribution in [0.25, 0.3) is 5.69 Å². The number of nitrogens with one attached hydrogen (secondary N) is 1. The van der Waals surface area contributed by atoms with Crippen LogP contribution in [0.4, 0.5) is 14.9 Å². The van der Waals surface area contributed by atoms with E-state index in [1.54, 1.807) is 29.3 Å². The summed E-state index contributed by atoms with van der Waals surface area (Å²) in [6.07, 6.45) is 2.40. The van der Waals surface area contributed by atoms with Gasteiger partial charge in [-0.25, -0.2) is 13.9 Å². The topological polar surface area (TPSA) is 50.2 Å². The number of urea groups is 1. The fraction of sp³-hybridized carbons (Fsp3) is 0.238. The van der Waals surface area contributed by atoms with E-state index < -0.39 is 0 Å². The number of hydrogen-bond acceptors (Lipinski definition) is 2. The van der Waals surface area contributed by atoms with E-state index in [0.717, 1.165) is 6.42 Å². The van der Waals surface area contributed by atoms with Gasteiger partial charge in [-0.15, -0.1) is 0 Å². The van der Waals surface area contributed by atoms with Gasteiger partial charge in [0.25, 0.3) is 0 Å². The number of benzene rings is 2. The molecule has 1 N–H and O–H groups in total. The summed E-state index contributed by atoms with van der Waals surface area (Å²) in [5.74, 6) is -0.357. The van der Waals surface area contributed by atoms with Crippen molar-refractivity contribution < 1.29 is 9.18 Å². The zero-order chi connectivity index (χ0) is 19.0. The van der Waals surface area contributed by atoms with Gasteiger partial charge in [0.2, 0.25) is 0 Å². The monoisotopic (exact) mass is 364 g/mol. The SMILES string of the molecule is Cc1ccc2c(c1)CCN(C(=O)Nc1cnn(-c3ccccc3F)c1C)C2. The second-order valence-electron chi connectivity index (χ2n) is 6.88. The highest BCUT2D eigenvalue weighted by Crippen LogP contribution is 2.23. The summed E-state index contributed by atoms with van der Waals surface area (Å²) in [6, 6.07) is 12.6. The first kappa shape index (κ1) is 17.3. The molecule has 2 heterocycles. The molecule has 0 radical (unpaired) electrons. The Morgan fingerprint density at radius 1 is 1.15 bits per heavy atom. The first-order valence-corrected chi connectivity index (χ1v) is 8.97. The number of aryl methyl sites for hydroxylation is 1. The summed E-state index contributed by atoms with van der Waals surface area (Å²) in [5, 5.41) is 7.15. The van der Waals surface area contributed by atoms with Crippen molar-refractivity contribution in [3.8, 4) is 5.69 Å². The van der Waals surface area contributed by atoms with Gasteiger partial charge in [0, 0.05) is 13.1 Å². The molecule has 4 rings (SSSR count). The fourth-order valence-corrected chi connectivity index (χ4v) is 3.45. The van der Waals surface area contributed by atoms with Gasteiger partial charge in [0.1, 0.15) is 11.5 Å². The van der Waals surface area contributed by atoms with Gasteiger partial charge >= 0.3 is 6.03 Å². The Morgan fingerprint density at radius 3 is 2.78 bits per heavy atom. The van der Waals surface area contributed by atoms with Crippen molar-refractivity contribution in [2.75, 3.05) is 11.9 Å². The zero-order valence-electron chi connectivity index (χ0n) is 15.4. The first-order chi connectivity index (χ1) is 13.0. The molecular formula is C21H21FN4O. The van der Waals surface area contributed by atoms with E-state index >= 15 is 0 Å². The maximum absolute atomic E-state index is 14.0. The Bertz CT molecular complexity index is 1010. The van der Waals surface area contributed by atoms with Crippen LogP contribution >= 0.6 is 0 Å². The van der Waals surface area contributed by atoms with Gasteiger partial charge in [0.15, 0.2) is 0 Å². The van der Waals surface area contributed by atoms with E-state index in [2.05, 4.69) is 35.5 Å². The molecule has 0 atom stereocenters. The summed E-state index contributed by atoms with van der Waals surface area (Å²) in [5.41, 5.74) is 5.35. The van der Waals surface area contributed by atoms with Crippen LogP contribution < -0.4 is 5.32 Å². The van der Waals surface area contributed by atoms with Crippen molar-refractivity contribution in [2.45, 2.75) is 26.8 Å². The first-order valence-electron chi connectivity index (χ1n) is 8.97. The summed E-state index contributed by atoms with van der Waals surface area (Å²) >= 11 is 0. The number of amides is 2. The Labute approximate surface area is 157 Å². The second-order valence-corrected chi connectivity index (χ2v) is 6.88. The minimum Gasteiger partial charge on any atom is -0.320 e. The largest absolute Gasteiger partial charge is 0.322 e. The van der Waals surface area contributed by atoms with Crippen LogP contribution in [0.2, 0.25) is 0 Å². The Hall–Kier alpha value is -3.15. The number of halogens is 1. The number of carbonyl (C=O) groups is 1. The van der Waals surface area contributed by atoms with Crippen molar-refractivity contribution >= 4 is 11.7 Å². The van der Waals surface area contributed by atoms with Crippen molar-refractivity contribution in [1.29, 1.82) is 0 Å². The molecule has 0 fully saturated rings. The van der Waals surface area contributed by atoms with E-state index in [9.17, 15) is 9.18 Å². The maximum atomic E-state index is 14.0. The molecule has 0 spiro atoms. The molecule has 2 amide bonds. The van der Waals surface area contributed by atoms with E-state index in [1.165, 1.54) is 27.4 Å². The van der Waals surface area contributed by atoms with Crippen LogP contribution in [0.3, 0.4) is 0 Å². The molecule has 0 saturated heterocycles. The number of anilines is 1. The average Bonchev–Trinajstić information content (AvgIpc) is 3.02. The summed E-state index contributed by atoms with van der Waals surface area (Å²) < 4.78 is 15.5. The molecule has 5 nitrogen and oxygen atoms in total. The lowest BCUT2D eigenvalue weighted by molar-refractivity contribution is 0.206. The molecule has 0 aliphatic carbocycles. The van der Waals surface area contributed by atoms with Crippen LogP contribution in [-0.2, 0) is 13.0 Å². The summed E-state index contributed by atoms with van der Waals surface area (Å²) in [6.45, 7) is 5.14. The van der Waals surface area contributed by atoms with Gasteiger partial charge in [-0.2, -0.15) is 5.10 Å².